The number of amides is 2. The van der Waals surface area contributed by atoms with Crippen LogP contribution in [-0.2, 0) is 9.59 Å². The van der Waals surface area contributed by atoms with Gasteiger partial charge in [0.2, 0.25) is 11.8 Å². The maximum absolute atomic E-state index is 11.6. The lowest BCUT2D eigenvalue weighted by molar-refractivity contribution is -0.135. The van der Waals surface area contributed by atoms with Gasteiger partial charge >= 0.3 is 0 Å². The molecule has 1 aliphatic heterocycles. The van der Waals surface area contributed by atoms with Crippen molar-refractivity contribution in [2.75, 3.05) is 0 Å². The summed E-state index contributed by atoms with van der Waals surface area (Å²) in [5.41, 5.74) is 5.48. The van der Waals surface area contributed by atoms with Gasteiger partial charge in [-0.25, -0.2) is 0 Å². The van der Waals surface area contributed by atoms with Gasteiger partial charge < -0.3 is 4.74 Å². The SMILES string of the molecule is CC(C)Oc1ccc([C@@H]2CC(=O)NNC2=O)cc1. The van der Waals surface area contributed by atoms with Crippen LogP contribution in [0.4, 0.5) is 0 Å². The van der Waals surface area contributed by atoms with Crippen LogP contribution in [0, 0.1) is 0 Å². The largest absolute Gasteiger partial charge is 0.491 e. The highest BCUT2D eigenvalue weighted by Crippen LogP contribution is 2.24. The molecule has 1 atom stereocenters. The minimum Gasteiger partial charge on any atom is -0.491 e. The van der Waals surface area contributed by atoms with E-state index in [0.717, 1.165) is 11.3 Å². The van der Waals surface area contributed by atoms with Crippen molar-refractivity contribution in [3.8, 4) is 5.75 Å². The summed E-state index contributed by atoms with van der Waals surface area (Å²) >= 11 is 0. The van der Waals surface area contributed by atoms with E-state index in [9.17, 15) is 9.59 Å². The second-order valence-electron chi connectivity index (χ2n) is 4.53. The lowest BCUT2D eigenvalue weighted by atomic mass is 9.93. The molecule has 1 fully saturated rings. The summed E-state index contributed by atoms with van der Waals surface area (Å²) in [6.07, 6.45) is 0.288. The van der Waals surface area contributed by atoms with Crippen molar-refractivity contribution >= 4 is 11.8 Å². The molecule has 0 aliphatic carbocycles. The van der Waals surface area contributed by atoms with Gasteiger partial charge in [-0.1, -0.05) is 12.1 Å². The van der Waals surface area contributed by atoms with Crippen LogP contribution in [0.1, 0.15) is 31.7 Å². The molecule has 5 nitrogen and oxygen atoms in total. The van der Waals surface area contributed by atoms with Gasteiger partial charge in [0.1, 0.15) is 5.75 Å². The number of ether oxygens (including phenoxy) is 1. The Morgan fingerprint density at radius 1 is 1.17 bits per heavy atom. The van der Waals surface area contributed by atoms with Gasteiger partial charge in [-0.2, -0.15) is 0 Å². The Kier molecular flexibility index (Phi) is 3.50. The first-order valence-electron chi connectivity index (χ1n) is 5.91. The van der Waals surface area contributed by atoms with Gasteiger partial charge in [-0.3, -0.25) is 20.4 Å². The topological polar surface area (TPSA) is 67.4 Å². The normalized spacial score (nSPS) is 19.4. The number of rotatable bonds is 3. The molecule has 18 heavy (non-hydrogen) atoms. The first-order valence-corrected chi connectivity index (χ1v) is 5.91. The summed E-state index contributed by atoms with van der Waals surface area (Å²) in [5.74, 6) is -0.0319. The fraction of sp³-hybridized carbons (Fsp3) is 0.385. The number of carbonyl (C=O) groups is 2. The Balaban J connectivity index is 2.13. The number of carbonyl (C=O) groups excluding carboxylic acids is 2. The summed E-state index contributed by atoms with van der Waals surface area (Å²) in [7, 11) is 0. The van der Waals surface area contributed by atoms with Crippen LogP contribution in [0.15, 0.2) is 24.3 Å². The molecule has 1 aromatic carbocycles. The third kappa shape index (κ3) is 2.80. The Bertz CT molecular complexity index is 454. The molecule has 0 unspecified atom stereocenters. The first-order chi connectivity index (χ1) is 8.56. The van der Waals surface area contributed by atoms with E-state index in [-0.39, 0.29) is 24.3 Å². The Morgan fingerprint density at radius 2 is 1.83 bits per heavy atom. The van der Waals surface area contributed by atoms with Crippen LogP contribution in [-0.4, -0.2) is 17.9 Å². The molecule has 0 aromatic heterocycles. The van der Waals surface area contributed by atoms with Gasteiger partial charge in [0.15, 0.2) is 0 Å². The summed E-state index contributed by atoms with van der Waals surface area (Å²) in [5, 5.41) is 0. The van der Waals surface area contributed by atoms with Gasteiger partial charge in [-0.05, 0) is 31.5 Å². The Labute approximate surface area is 105 Å². The van der Waals surface area contributed by atoms with E-state index in [1.54, 1.807) is 0 Å². The smallest absolute Gasteiger partial charge is 0.246 e. The molecule has 0 spiro atoms. The third-order valence-electron chi connectivity index (χ3n) is 2.69. The zero-order valence-corrected chi connectivity index (χ0v) is 10.4. The zero-order valence-electron chi connectivity index (χ0n) is 10.4. The van der Waals surface area contributed by atoms with Crippen LogP contribution in [0.2, 0.25) is 0 Å². The fourth-order valence-corrected chi connectivity index (χ4v) is 1.87. The maximum Gasteiger partial charge on any atom is 0.246 e. The molecule has 0 saturated carbocycles. The molecular weight excluding hydrogens is 232 g/mol. The second kappa shape index (κ2) is 5.08. The van der Waals surface area contributed by atoms with Crippen LogP contribution < -0.4 is 15.6 Å². The zero-order chi connectivity index (χ0) is 13.1. The summed E-state index contributed by atoms with van der Waals surface area (Å²) in [6, 6.07) is 7.27. The van der Waals surface area contributed by atoms with Crippen LogP contribution in [0.25, 0.3) is 0 Å². The average Bonchev–Trinajstić information content (AvgIpc) is 2.33. The van der Waals surface area contributed by atoms with Gasteiger partial charge in [0.25, 0.3) is 0 Å². The van der Waals surface area contributed by atoms with Crippen LogP contribution in [0.5, 0.6) is 5.75 Å². The highest BCUT2D eigenvalue weighted by Gasteiger charge is 2.28. The van der Waals surface area contributed by atoms with Gasteiger partial charge in [0.05, 0.1) is 12.0 Å². The molecule has 0 bridgehead atoms. The van der Waals surface area contributed by atoms with E-state index >= 15 is 0 Å². The van der Waals surface area contributed by atoms with E-state index in [2.05, 4.69) is 10.9 Å². The molecule has 2 N–H and O–H groups in total. The lowest BCUT2D eigenvalue weighted by Gasteiger charge is -2.22. The van der Waals surface area contributed by atoms with Crippen LogP contribution in [0.3, 0.4) is 0 Å². The van der Waals surface area contributed by atoms with E-state index in [1.165, 1.54) is 0 Å². The molecule has 5 heteroatoms. The van der Waals surface area contributed by atoms with Crippen molar-refractivity contribution in [1.29, 1.82) is 0 Å². The first kappa shape index (κ1) is 12.4. The van der Waals surface area contributed by atoms with Crippen molar-refractivity contribution < 1.29 is 14.3 Å². The average molecular weight is 248 g/mol. The number of nitrogens with one attached hydrogen (secondary N) is 2. The number of hydrogen-bond donors (Lipinski definition) is 2. The molecule has 2 amide bonds. The van der Waals surface area contributed by atoms with Crippen molar-refractivity contribution in [1.82, 2.24) is 10.9 Å². The predicted octanol–water partition coefficient (Wildman–Crippen LogP) is 1.11. The van der Waals surface area contributed by atoms with Crippen molar-refractivity contribution in [2.45, 2.75) is 32.3 Å². The minimum absolute atomic E-state index is 0.111. The Hall–Kier alpha value is -2.04. The number of benzene rings is 1. The van der Waals surface area contributed by atoms with Crippen LogP contribution >= 0.6 is 0 Å². The maximum atomic E-state index is 11.6. The summed E-state index contributed by atoms with van der Waals surface area (Å²) in [6.45, 7) is 3.90. The molecule has 1 aliphatic rings. The molecular formula is C13H16N2O3. The highest BCUT2D eigenvalue weighted by atomic mass is 16.5. The van der Waals surface area contributed by atoms with Gasteiger partial charge in [-0.15, -0.1) is 0 Å². The van der Waals surface area contributed by atoms with Gasteiger partial charge in [0, 0.05) is 6.42 Å². The summed E-state index contributed by atoms with van der Waals surface area (Å²) in [4.78, 5) is 22.9. The summed E-state index contributed by atoms with van der Waals surface area (Å²) < 4.78 is 5.52. The lowest BCUT2D eigenvalue weighted by Crippen LogP contribution is -2.50. The number of hydrogen-bond acceptors (Lipinski definition) is 3. The molecule has 96 valence electrons. The van der Waals surface area contributed by atoms with E-state index < -0.39 is 5.92 Å². The van der Waals surface area contributed by atoms with E-state index in [4.69, 9.17) is 4.74 Å². The van der Waals surface area contributed by atoms with Crippen molar-refractivity contribution in [3.63, 3.8) is 0 Å². The molecule has 2 rings (SSSR count). The van der Waals surface area contributed by atoms with E-state index in [0.29, 0.717) is 0 Å². The quantitative estimate of drug-likeness (QED) is 0.842. The van der Waals surface area contributed by atoms with Crippen molar-refractivity contribution in [3.05, 3.63) is 29.8 Å². The molecule has 1 aromatic rings. The highest BCUT2D eigenvalue weighted by molar-refractivity contribution is 5.94. The molecule has 1 heterocycles. The fourth-order valence-electron chi connectivity index (χ4n) is 1.87. The standard InChI is InChI=1S/C13H16N2O3/c1-8(2)18-10-5-3-9(4-6-10)11-7-12(16)14-15-13(11)17/h3-6,8,11H,7H2,1-2H3,(H,14,16)(H,15,17)/t11-/m0/s1. The second-order valence-corrected chi connectivity index (χ2v) is 4.53. The third-order valence-corrected chi connectivity index (χ3v) is 2.69. The number of hydrazine groups is 1. The minimum atomic E-state index is -0.424. The molecule has 0 radical (unpaired) electrons. The predicted molar refractivity (Wildman–Crippen MR) is 65.8 cm³/mol. The van der Waals surface area contributed by atoms with Crippen molar-refractivity contribution in [2.24, 2.45) is 0 Å². The molecule has 1 saturated heterocycles. The Morgan fingerprint density at radius 3 is 2.44 bits per heavy atom. The monoisotopic (exact) mass is 248 g/mol. The van der Waals surface area contributed by atoms with E-state index in [1.807, 2.05) is 38.1 Å².